The number of hydrogen-bond acceptors (Lipinski definition) is 1. The molecule has 1 heterocycles. The van der Waals surface area contributed by atoms with Crippen molar-refractivity contribution in [2.24, 2.45) is 0 Å². The van der Waals surface area contributed by atoms with E-state index < -0.39 is 17.7 Å². The summed E-state index contributed by atoms with van der Waals surface area (Å²) in [5.41, 5.74) is -0.948. The zero-order chi connectivity index (χ0) is 12.8. The minimum Gasteiger partial charge on any atom is -0.477 e. The van der Waals surface area contributed by atoms with E-state index in [2.05, 4.69) is 4.98 Å². The van der Waals surface area contributed by atoms with Crippen molar-refractivity contribution in [3.05, 3.63) is 35.0 Å². The highest BCUT2D eigenvalue weighted by atomic mass is 19.4. The summed E-state index contributed by atoms with van der Waals surface area (Å²) in [6.07, 6.45) is -4.51. The number of rotatable bonds is 1. The highest BCUT2D eigenvalue weighted by Crippen LogP contribution is 2.35. The Balaban J connectivity index is 2.83. The monoisotopic (exact) mass is 243 g/mol. The third kappa shape index (κ3) is 1.75. The SMILES string of the molecule is Cc1c(C(=O)O)[nH]c2c(C(F)(F)F)cccc12. The largest absolute Gasteiger partial charge is 0.477 e. The molecule has 2 rings (SSSR count). The van der Waals surface area contributed by atoms with Crippen LogP contribution in [0.25, 0.3) is 10.9 Å². The maximum Gasteiger partial charge on any atom is 0.418 e. The van der Waals surface area contributed by atoms with Gasteiger partial charge in [-0.2, -0.15) is 13.2 Å². The fourth-order valence-corrected chi connectivity index (χ4v) is 1.80. The number of carboxylic acids is 1. The maximum atomic E-state index is 12.7. The van der Waals surface area contributed by atoms with Crippen LogP contribution in [0.2, 0.25) is 0 Å². The van der Waals surface area contributed by atoms with Crippen LogP contribution in [0.3, 0.4) is 0 Å². The first kappa shape index (κ1) is 11.5. The van der Waals surface area contributed by atoms with Crippen molar-refractivity contribution in [2.75, 3.05) is 0 Å². The number of fused-ring (bicyclic) bond motifs is 1. The summed E-state index contributed by atoms with van der Waals surface area (Å²) < 4.78 is 38.1. The van der Waals surface area contributed by atoms with Crippen molar-refractivity contribution in [1.29, 1.82) is 0 Å². The predicted molar refractivity (Wildman–Crippen MR) is 55.0 cm³/mol. The summed E-state index contributed by atoms with van der Waals surface area (Å²) in [4.78, 5) is 13.2. The summed E-state index contributed by atoms with van der Waals surface area (Å²) in [6.45, 7) is 1.47. The molecule has 0 fully saturated rings. The average Bonchev–Trinajstić information content (AvgIpc) is 2.55. The molecule has 1 aromatic carbocycles. The molecule has 2 aromatic rings. The van der Waals surface area contributed by atoms with Crippen molar-refractivity contribution < 1.29 is 23.1 Å². The van der Waals surface area contributed by atoms with Crippen molar-refractivity contribution >= 4 is 16.9 Å². The van der Waals surface area contributed by atoms with E-state index in [1.54, 1.807) is 0 Å². The Hall–Kier alpha value is -1.98. The number of aryl methyl sites for hydroxylation is 1. The number of para-hydroxylation sites is 1. The van der Waals surface area contributed by atoms with Crippen LogP contribution in [0.5, 0.6) is 0 Å². The van der Waals surface area contributed by atoms with E-state index in [9.17, 15) is 18.0 Å². The average molecular weight is 243 g/mol. The Bertz CT molecular complexity index is 599. The van der Waals surface area contributed by atoms with E-state index in [0.717, 1.165) is 6.07 Å². The molecule has 6 heteroatoms. The van der Waals surface area contributed by atoms with Crippen LogP contribution in [0.1, 0.15) is 21.6 Å². The second-order valence-electron chi connectivity index (χ2n) is 3.66. The van der Waals surface area contributed by atoms with Crippen molar-refractivity contribution in [1.82, 2.24) is 4.98 Å². The van der Waals surface area contributed by atoms with Gasteiger partial charge in [-0.3, -0.25) is 0 Å². The first-order valence-corrected chi connectivity index (χ1v) is 4.74. The van der Waals surface area contributed by atoms with Gasteiger partial charge in [-0.05, 0) is 18.6 Å². The van der Waals surface area contributed by atoms with Gasteiger partial charge in [0.1, 0.15) is 5.69 Å². The standard InChI is InChI=1S/C11H8F3NO2/c1-5-6-3-2-4-7(11(12,13)14)9(6)15-8(5)10(16)17/h2-4,15H,1H3,(H,16,17). The van der Waals surface area contributed by atoms with Crippen LogP contribution < -0.4 is 0 Å². The third-order valence-corrected chi connectivity index (χ3v) is 2.61. The van der Waals surface area contributed by atoms with Crippen LogP contribution in [0.15, 0.2) is 18.2 Å². The number of H-pyrrole nitrogens is 1. The fraction of sp³-hybridized carbons (Fsp3) is 0.182. The number of halogens is 3. The maximum absolute atomic E-state index is 12.7. The van der Waals surface area contributed by atoms with Gasteiger partial charge in [0.15, 0.2) is 0 Å². The van der Waals surface area contributed by atoms with Gasteiger partial charge in [-0.25, -0.2) is 4.79 Å². The fourth-order valence-electron chi connectivity index (χ4n) is 1.80. The molecule has 0 aliphatic rings. The molecule has 0 radical (unpaired) electrons. The second-order valence-corrected chi connectivity index (χ2v) is 3.66. The van der Waals surface area contributed by atoms with Crippen LogP contribution in [-0.2, 0) is 6.18 Å². The third-order valence-electron chi connectivity index (χ3n) is 2.61. The zero-order valence-corrected chi connectivity index (χ0v) is 8.72. The van der Waals surface area contributed by atoms with E-state index in [-0.39, 0.29) is 16.6 Å². The van der Waals surface area contributed by atoms with Gasteiger partial charge in [0, 0.05) is 5.39 Å². The highest BCUT2D eigenvalue weighted by molar-refractivity contribution is 5.98. The van der Waals surface area contributed by atoms with Gasteiger partial charge in [-0.1, -0.05) is 12.1 Å². The number of carboxylic acid groups (broad SMARTS) is 1. The Kier molecular flexibility index (Phi) is 2.38. The summed E-state index contributed by atoms with van der Waals surface area (Å²) >= 11 is 0. The minimum atomic E-state index is -4.51. The number of benzene rings is 1. The van der Waals surface area contributed by atoms with E-state index in [1.165, 1.54) is 19.1 Å². The van der Waals surface area contributed by atoms with Crippen molar-refractivity contribution in [2.45, 2.75) is 13.1 Å². The van der Waals surface area contributed by atoms with Gasteiger partial charge in [0.05, 0.1) is 11.1 Å². The van der Waals surface area contributed by atoms with Gasteiger partial charge < -0.3 is 10.1 Å². The number of nitrogens with one attached hydrogen (secondary N) is 1. The molecule has 0 spiro atoms. The minimum absolute atomic E-state index is 0.185. The Morgan fingerprint density at radius 2 is 2.00 bits per heavy atom. The lowest BCUT2D eigenvalue weighted by Crippen LogP contribution is -2.05. The van der Waals surface area contributed by atoms with Gasteiger partial charge in [0.2, 0.25) is 0 Å². The number of aromatic amines is 1. The molecule has 0 amide bonds. The predicted octanol–water partition coefficient (Wildman–Crippen LogP) is 3.19. The van der Waals surface area contributed by atoms with Gasteiger partial charge in [0.25, 0.3) is 0 Å². The van der Waals surface area contributed by atoms with Crippen molar-refractivity contribution in [3.63, 3.8) is 0 Å². The first-order chi connectivity index (χ1) is 7.82. The zero-order valence-electron chi connectivity index (χ0n) is 8.72. The molecule has 0 aliphatic carbocycles. The number of alkyl halides is 3. The molecular weight excluding hydrogens is 235 g/mol. The normalized spacial score (nSPS) is 12.0. The molecule has 3 nitrogen and oxygen atoms in total. The first-order valence-electron chi connectivity index (χ1n) is 4.74. The van der Waals surface area contributed by atoms with E-state index in [0.29, 0.717) is 5.56 Å². The number of hydrogen-bond donors (Lipinski definition) is 2. The summed E-state index contributed by atoms with van der Waals surface area (Å²) in [6, 6.07) is 3.64. The molecule has 17 heavy (non-hydrogen) atoms. The molecule has 2 N–H and O–H groups in total. The lowest BCUT2D eigenvalue weighted by atomic mass is 10.1. The van der Waals surface area contributed by atoms with Crippen LogP contribution >= 0.6 is 0 Å². The van der Waals surface area contributed by atoms with Gasteiger partial charge >= 0.3 is 12.1 Å². The molecule has 0 unspecified atom stereocenters. The van der Waals surface area contributed by atoms with E-state index >= 15 is 0 Å². The smallest absolute Gasteiger partial charge is 0.418 e. The number of aromatic carboxylic acids is 1. The van der Waals surface area contributed by atoms with Gasteiger partial charge in [-0.15, -0.1) is 0 Å². The molecule has 0 saturated carbocycles. The quantitative estimate of drug-likeness (QED) is 0.808. The van der Waals surface area contributed by atoms with Crippen LogP contribution in [0, 0.1) is 6.92 Å². The molecule has 0 bridgehead atoms. The highest BCUT2D eigenvalue weighted by Gasteiger charge is 2.33. The number of aromatic nitrogens is 1. The lowest BCUT2D eigenvalue weighted by Gasteiger charge is -2.07. The summed E-state index contributed by atoms with van der Waals surface area (Å²) in [5, 5.41) is 9.12. The topological polar surface area (TPSA) is 53.1 Å². The molecular formula is C11H8F3NO2. The Labute approximate surface area is 93.9 Å². The van der Waals surface area contributed by atoms with Crippen LogP contribution in [-0.4, -0.2) is 16.1 Å². The lowest BCUT2D eigenvalue weighted by molar-refractivity contribution is -0.136. The van der Waals surface area contributed by atoms with E-state index in [4.69, 9.17) is 5.11 Å². The summed E-state index contributed by atoms with van der Waals surface area (Å²) in [7, 11) is 0. The van der Waals surface area contributed by atoms with Crippen molar-refractivity contribution in [3.8, 4) is 0 Å². The number of carbonyl (C=O) groups is 1. The Morgan fingerprint density at radius 1 is 1.35 bits per heavy atom. The summed E-state index contributed by atoms with van der Waals surface area (Å²) in [5.74, 6) is -1.27. The van der Waals surface area contributed by atoms with E-state index in [1.807, 2.05) is 0 Å². The molecule has 1 aromatic heterocycles. The molecule has 90 valence electrons. The van der Waals surface area contributed by atoms with Crippen LogP contribution in [0.4, 0.5) is 13.2 Å². The Morgan fingerprint density at radius 3 is 2.53 bits per heavy atom. The molecule has 0 saturated heterocycles. The molecule has 0 atom stereocenters. The molecule has 0 aliphatic heterocycles. The second kappa shape index (κ2) is 3.51.